The van der Waals surface area contributed by atoms with E-state index in [-0.39, 0.29) is 11.4 Å². The highest BCUT2D eigenvalue weighted by atomic mass is 32.2. The Morgan fingerprint density at radius 3 is 2.80 bits per heavy atom. The van der Waals surface area contributed by atoms with Crippen molar-refractivity contribution < 1.29 is 13.7 Å². The number of aromatic nitrogens is 2. The summed E-state index contributed by atoms with van der Waals surface area (Å²) in [6, 6.07) is 1.99. The van der Waals surface area contributed by atoms with Gasteiger partial charge in [-0.1, -0.05) is 0 Å². The summed E-state index contributed by atoms with van der Waals surface area (Å²) in [5.74, 6) is 0.891. The summed E-state index contributed by atoms with van der Waals surface area (Å²) >= 11 is 0. The van der Waals surface area contributed by atoms with Gasteiger partial charge in [0, 0.05) is 23.1 Å². The topological polar surface area (TPSA) is 61.2 Å². The van der Waals surface area contributed by atoms with E-state index in [0.29, 0.717) is 17.9 Å². The van der Waals surface area contributed by atoms with Gasteiger partial charge in [0.15, 0.2) is 0 Å². The van der Waals surface area contributed by atoms with Crippen LogP contribution in [-0.4, -0.2) is 32.8 Å². The van der Waals surface area contributed by atoms with Crippen LogP contribution in [0.3, 0.4) is 0 Å². The van der Waals surface area contributed by atoms with Crippen molar-refractivity contribution in [3.05, 3.63) is 17.5 Å². The highest BCUT2D eigenvalue weighted by Crippen LogP contribution is 2.49. The molecule has 0 aliphatic heterocycles. The Balaban J connectivity index is 1.94. The van der Waals surface area contributed by atoms with Gasteiger partial charge in [-0.15, -0.1) is 0 Å². The highest BCUT2D eigenvalue weighted by Gasteiger charge is 2.45. The van der Waals surface area contributed by atoms with Gasteiger partial charge in [-0.3, -0.25) is 13.7 Å². The summed E-state index contributed by atoms with van der Waals surface area (Å²) in [7, 11) is 0.437. The van der Waals surface area contributed by atoms with Crippen molar-refractivity contribution in [3.8, 4) is 0 Å². The standard InChI is InChI=1S/C14H22N2O3S/c1-4-16-12(7-11(2)15-16)9-20(18)10-14(5-6-14)8-13(17)19-3/h7H,4-6,8-10H2,1-3H3. The second-order valence-corrected chi connectivity index (χ2v) is 7.03. The Labute approximate surface area is 122 Å². The second kappa shape index (κ2) is 6.08. The fourth-order valence-corrected chi connectivity index (χ4v) is 4.21. The average molecular weight is 298 g/mol. The molecule has 0 N–H and O–H groups in total. The highest BCUT2D eigenvalue weighted by molar-refractivity contribution is 7.84. The first-order valence-corrected chi connectivity index (χ1v) is 8.42. The van der Waals surface area contributed by atoms with Crippen LogP contribution in [0.1, 0.15) is 37.6 Å². The van der Waals surface area contributed by atoms with Crippen LogP contribution in [0.25, 0.3) is 0 Å². The van der Waals surface area contributed by atoms with Gasteiger partial charge < -0.3 is 4.74 Å². The molecule has 0 amide bonds. The van der Waals surface area contributed by atoms with Crippen LogP contribution < -0.4 is 0 Å². The number of hydrogen-bond donors (Lipinski definition) is 0. The third-order valence-electron chi connectivity index (χ3n) is 3.77. The van der Waals surface area contributed by atoms with Crippen LogP contribution >= 0.6 is 0 Å². The zero-order chi connectivity index (χ0) is 14.8. The third kappa shape index (κ3) is 3.69. The lowest BCUT2D eigenvalue weighted by molar-refractivity contribution is -0.141. The number of nitrogens with zero attached hydrogens (tertiary/aromatic N) is 2. The van der Waals surface area contributed by atoms with Crippen LogP contribution in [0.15, 0.2) is 6.07 Å². The van der Waals surface area contributed by atoms with Gasteiger partial charge in [-0.05, 0) is 38.2 Å². The van der Waals surface area contributed by atoms with E-state index in [9.17, 15) is 9.00 Å². The van der Waals surface area contributed by atoms with Gasteiger partial charge >= 0.3 is 5.97 Å². The van der Waals surface area contributed by atoms with E-state index in [4.69, 9.17) is 4.74 Å². The first kappa shape index (κ1) is 15.2. The number of ether oxygens (including phenoxy) is 1. The fourth-order valence-electron chi connectivity index (χ4n) is 2.47. The minimum absolute atomic E-state index is 0.0793. The molecule has 0 spiro atoms. The molecular weight excluding hydrogens is 276 g/mol. The van der Waals surface area contributed by atoms with Gasteiger partial charge in [0.05, 0.1) is 30.7 Å². The van der Waals surface area contributed by atoms with E-state index in [0.717, 1.165) is 30.8 Å². The lowest BCUT2D eigenvalue weighted by Gasteiger charge is -2.13. The van der Waals surface area contributed by atoms with Crippen molar-refractivity contribution >= 4 is 16.8 Å². The molecule has 1 saturated carbocycles. The van der Waals surface area contributed by atoms with Gasteiger partial charge in [0.2, 0.25) is 0 Å². The van der Waals surface area contributed by atoms with Gasteiger partial charge in [0.1, 0.15) is 0 Å². The Hall–Kier alpha value is -1.17. The predicted molar refractivity (Wildman–Crippen MR) is 77.7 cm³/mol. The van der Waals surface area contributed by atoms with Crippen LogP contribution in [0.4, 0.5) is 0 Å². The minimum atomic E-state index is -0.964. The summed E-state index contributed by atoms with van der Waals surface area (Å²) < 4.78 is 18.9. The molecule has 0 bridgehead atoms. The van der Waals surface area contributed by atoms with Crippen LogP contribution in [0, 0.1) is 12.3 Å². The summed E-state index contributed by atoms with van der Waals surface area (Å²) in [4.78, 5) is 11.4. The number of methoxy groups -OCH3 is 1. The van der Waals surface area contributed by atoms with Gasteiger partial charge in [-0.2, -0.15) is 5.10 Å². The quantitative estimate of drug-likeness (QED) is 0.720. The van der Waals surface area contributed by atoms with Crippen LogP contribution in [0.2, 0.25) is 0 Å². The molecule has 0 radical (unpaired) electrons. The van der Waals surface area contributed by atoms with Crippen LogP contribution in [-0.2, 0) is 32.6 Å². The van der Waals surface area contributed by atoms with Gasteiger partial charge in [0.25, 0.3) is 0 Å². The molecule has 2 rings (SSSR count). The molecule has 5 nitrogen and oxygen atoms in total. The smallest absolute Gasteiger partial charge is 0.306 e. The normalized spacial score (nSPS) is 17.8. The zero-order valence-electron chi connectivity index (χ0n) is 12.3. The Kier molecular flexibility index (Phi) is 4.62. The number of carbonyl (C=O) groups excluding carboxylic acids is 1. The molecule has 20 heavy (non-hydrogen) atoms. The molecule has 1 aliphatic rings. The Morgan fingerprint density at radius 1 is 1.55 bits per heavy atom. The summed E-state index contributed by atoms with van der Waals surface area (Å²) in [6.45, 7) is 4.75. The summed E-state index contributed by atoms with van der Waals surface area (Å²) in [5.41, 5.74) is 1.89. The van der Waals surface area contributed by atoms with Crippen molar-refractivity contribution in [3.63, 3.8) is 0 Å². The molecule has 1 heterocycles. The Morgan fingerprint density at radius 2 is 2.25 bits per heavy atom. The third-order valence-corrected chi connectivity index (χ3v) is 5.32. The minimum Gasteiger partial charge on any atom is -0.469 e. The van der Waals surface area contributed by atoms with E-state index in [1.54, 1.807) is 0 Å². The van der Waals surface area contributed by atoms with E-state index < -0.39 is 10.8 Å². The maximum absolute atomic E-state index is 12.3. The first-order chi connectivity index (χ1) is 9.48. The molecule has 1 unspecified atom stereocenters. The van der Waals surface area contributed by atoms with Crippen molar-refractivity contribution in [1.82, 2.24) is 9.78 Å². The number of hydrogen-bond acceptors (Lipinski definition) is 4. The molecule has 1 fully saturated rings. The van der Waals surface area contributed by atoms with E-state index in [1.807, 2.05) is 24.6 Å². The van der Waals surface area contributed by atoms with E-state index in [2.05, 4.69) is 5.10 Å². The predicted octanol–water partition coefficient (Wildman–Crippen LogP) is 1.80. The van der Waals surface area contributed by atoms with Crippen molar-refractivity contribution in [2.45, 2.75) is 45.4 Å². The maximum Gasteiger partial charge on any atom is 0.306 e. The molecule has 1 aromatic rings. The Bertz CT molecular complexity index is 520. The number of aryl methyl sites for hydroxylation is 2. The van der Waals surface area contributed by atoms with Crippen LogP contribution in [0.5, 0.6) is 0 Å². The number of rotatable bonds is 7. The van der Waals surface area contributed by atoms with Gasteiger partial charge in [-0.25, -0.2) is 0 Å². The largest absolute Gasteiger partial charge is 0.469 e. The van der Waals surface area contributed by atoms with Crippen molar-refractivity contribution in [2.75, 3.05) is 12.9 Å². The average Bonchev–Trinajstić information content (AvgIpc) is 3.04. The lowest BCUT2D eigenvalue weighted by atomic mass is 10.1. The maximum atomic E-state index is 12.3. The molecule has 1 aromatic heterocycles. The van der Waals surface area contributed by atoms with E-state index >= 15 is 0 Å². The molecule has 0 aromatic carbocycles. The fraction of sp³-hybridized carbons (Fsp3) is 0.714. The molecular formula is C14H22N2O3S. The SMILES string of the molecule is CCn1nc(C)cc1CS(=O)CC1(CC(=O)OC)CC1. The molecule has 0 saturated heterocycles. The molecule has 1 atom stereocenters. The van der Waals surface area contributed by atoms with Crippen molar-refractivity contribution in [1.29, 1.82) is 0 Å². The lowest BCUT2D eigenvalue weighted by Crippen LogP contribution is -2.19. The summed E-state index contributed by atoms with van der Waals surface area (Å²) in [6.07, 6.45) is 2.33. The molecule has 6 heteroatoms. The second-order valence-electron chi connectivity index (χ2n) is 5.57. The first-order valence-electron chi connectivity index (χ1n) is 6.93. The number of carbonyl (C=O) groups is 1. The molecule has 1 aliphatic carbocycles. The number of esters is 1. The van der Waals surface area contributed by atoms with Crippen molar-refractivity contribution in [2.24, 2.45) is 5.41 Å². The van der Waals surface area contributed by atoms with E-state index in [1.165, 1.54) is 7.11 Å². The summed E-state index contributed by atoms with van der Waals surface area (Å²) in [5, 5.41) is 4.36. The molecule has 112 valence electrons. The zero-order valence-corrected chi connectivity index (χ0v) is 13.2. The monoisotopic (exact) mass is 298 g/mol.